The van der Waals surface area contributed by atoms with Gasteiger partial charge < -0.3 is 14.5 Å². The number of carbonyl (C=O) groups excluding carboxylic acids is 1. The van der Waals surface area contributed by atoms with E-state index in [1.54, 1.807) is 31.2 Å². The molecule has 0 fully saturated rings. The lowest BCUT2D eigenvalue weighted by molar-refractivity contribution is -0.115. The molecule has 7 nitrogen and oxygen atoms in total. The van der Waals surface area contributed by atoms with E-state index < -0.39 is 5.25 Å². The van der Waals surface area contributed by atoms with E-state index in [4.69, 9.17) is 20.8 Å². The van der Waals surface area contributed by atoms with Crippen LogP contribution in [0, 0.1) is 0 Å². The number of halogens is 1. The van der Waals surface area contributed by atoms with E-state index in [0.29, 0.717) is 27.0 Å². The van der Waals surface area contributed by atoms with Gasteiger partial charge in [-0.2, -0.15) is 0 Å². The molecule has 2 aromatic carbocycles. The van der Waals surface area contributed by atoms with Gasteiger partial charge in [-0.25, -0.2) is 4.98 Å². The van der Waals surface area contributed by atoms with Crippen molar-refractivity contribution in [3.05, 3.63) is 70.9 Å². The summed E-state index contributed by atoms with van der Waals surface area (Å²) in [5.41, 5.74) is 1.82. The zero-order valence-electron chi connectivity index (χ0n) is 16.3. The summed E-state index contributed by atoms with van der Waals surface area (Å²) in [6.45, 7) is 1.89. The zero-order chi connectivity index (χ0) is 21.6. The van der Waals surface area contributed by atoms with Crippen LogP contribution in [-0.2, 0) is 11.4 Å². The molecule has 31 heavy (non-hydrogen) atoms. The van der Waals surface area contributed by atoms with E-state index in [1.165, 1.54) is 23.1 Å². The largest absolute Gasteiger partial charge is 0.484 e. The summed E-state index contributed by atoms with van der Waals surface area (Å²) in [6.07, 6.45) is 0. The number of rotatable bonds is 8. The summed E-state index contributed by atoms with van der Waals surface area (Å²) < 4.78 is 11.1. The van der Waals surface area contributed by atoms with Gasteiger partial charge in [0.25, 0.3) is 11.1 Å². The zero-order valence-corrected chi connectivity index (χ0v) is 18.7. The Balaban J connectivity index is 1.29. The Morgan fingerprint density at radius 1 is 1.19 bits per heavy atom. The Morgan fingerprint density at radius 3 is 2.74 bits per heavy atom. The van der Waals surface area contributed by atoms with Crippen molar-refractivity contribution >= 4 is 45.7 Å². The second-order valence-corrected chi connectivity index (χ2v) is 8.94. The SMILES string of the molecule is CC(Sc1nnc(COc2ccc(Cl)cc2)o1)C(=O)Nc1nc(-c2ccccc2)cs1. The van der Waals surface area contributed by atoms with Gasteiger partial charge in [-0.1, -0.05) is 53.7 Å². The topological polar surface area (TPSA) is 90.1 Å². The standard InChI is InChI=1S/C21H17ClN4O3S2/c1-13(19(27)24-20-23-17(12-30-20)14-5-3-2-4-6-14)31-21-26-25-18(29-21)11-28-16-9-7-15(22)8-10-16/h2-10,12-13H,11H2,1H3,(H,23,24,27). The molecule has 1 unspecified atom stereocenters. The molecular weight excluding hydrogens is 456 g/mol. The molecule has 0 radical (unpaired) electrons. The summed E-state index contributed by atoms with van der Waals surface area (Å²) in [6, 6.07) is 16.8. The lowest BCUT2D eigenvalue weighted by Gasteiger charge is -2.07. The molecule has 158 valence electrons. The number of amides is 1. The van der Waals surface area contributed by atoms with Crippen LogP contribution in [0.3, 0.4) is 0 Å². The minimum atomic E-state index is -0.449. The van der Waals surface area contributed by atoms with Gasteiger partial charge in [0.1, 0.15) is 5.75 Å². The maximum Gasteiger partial charge on any atom is 0.277 e. The molecule has 0 saturated carbocycles. The number of nitrogens with one attached hydrogen (secondary N) is 1. The Kier molecular flexibility index (Phi) is 6.86. The van der Waals surface area contributed by atoms with Gasteiger partial charge >= 0.3 is 0 Å². The predicted octanol–water partition coefficient (Wildman–Crippen LogP) is 5.54. The lowest BCUT2D eigenvalue weighted by Crippen LogP contribution is -2.22. The van der Waals surface area contributed by atoms with Gasteiger partial charge in [-0.3, -0.25) is 4.79 Å². The monoisotopic (exact) mass is 472 g/mol. The number of carbonyl (C=O) groups is 1. The molecule has 10 heteroatoms. The van der Waals surface area contributed by atoms with Gasteiger partial charge in [-0.05, 0) is 31.2 Å². The Hall–Kier alpha value is -2.88. The summed E-state index contributed by atoms with van der Waals surface area (Å²) in [5, 5.41) is 13.7. The van der Waals surface area contributed by atoms with Gasteiger partial charge in [0.2, 0.25) is 5.91 Å². The van der Waals surface area contributed by atoms with Crippen LogP contribution in [0.2, 0.25) is 5.02 Å². The molecular formula is C21H17ClN4O3S2. The van der Waals surface area contributed by atoms with Gasteiger partial charge in [0, 0.05) is 16.0 Å². The number of ether oxygens (including phenoxy) is 1. The normalized spacial score (nSPS) is 11.8. The number of nitrogens with zero attached hydrogens (tertiary/aromatic N) is 3. The summed E-state index contributed by atoms with van der Waals surface area (Å²) in [7, 11) is 0. The van der Waals surface area contributed by atoms with Crippen LogP contribution in [0.15, 0.2) is 69.6 Å². The van der Waals surface area contributed by atoms with Crippen LogP contribution in [0.25, 0.3) is 11.3 Å². The van der Waals surface area contributed by atoms with E-state index in [2.05, 4.69) is 20.5 Å². The van der Waals surface area contributed by atoms with Crippen LogP contribution >= 0.6 is 34.7 Å². The van der Waals surface area contributed by atoms with Crippen LogP contribution in [0.4, 0.5) is 5.13 Å². The van der Waals surface area contributed by atoms with Crippen molar-refractivity contribution in [2.75, 3.05) is 5.32 Å². The number of benzene rings is 2. The maximum atomic E-state index is 12.5. The molecule has 4 rings (SSSR count). The molecule has 0 saturated heterocycles. The molecule has 0 aliphatic heterocycles. The first-order valence-electron chi connectivity index (χ1n) is 9.26. The Morgan fingerprint density at radius 2 is 1.97 bits per heavy atom. The van der Waals surface area contributed by atoms with Crippen molar-refractivity contribution in [1.82, 2.24) is 15.2 Å². The van der Waals surface area contributed by atoms with Crippen molar-refractivity contribution in [3.8, 4) is 17.0 Å². The van der Waals surface area contributed by atoms with E-state index in [0.717, 1.165) is 11.3 Å². The first-order chi connectivity index (χ1) is 15.1. The van der Waals surface area contributed by atoms with E-state index in [9.17, 15) is 4.79 Å². The van der Waals surface area contributed by atoms with Gasteiger partial charge in [0.15, 0.2) is 11.7 Å². The lowest BCUT2D eigenvalue weighted by atomic mass is 10.2. The molecule has 0 aliphatic rings. The molecule has 2 aromatic heterocycles. The third-order valence-corrected chi connectivity index (χ3v) is 6.02. The van der Waals surface area contributed by atoms with E-state index in [-0.39, 0.29) is 12.5 Å². The Bertz CT molecular complexity index is 1150. The average molecular weight is 473 g/mol. The second-order valence-electron chi connectivity index (χ2n) is 6.36. The summed E-state index contributed by atoms with van der Waals surface area (Å²) in [5.74, 6) is 0.761. The predicted molar refractivity (Wildman–Crippen MR) is 122 cm³/mol. The molecule has 1 amide bonds. The average Bonchev–Trinajstić information content (AvgIpc) is 3.43. The van der Waals surface area contributed by atoms with Crippen LogP contribution in [0.5, 0.6) is 5.75 Å². The highest BCUT2D eigenvalue weighted by molar-refractivity contribution is 8.00. The first-order valence-corrected chi connectivity index (χ1v) is 11.4. The molecule has 0 spiro atoms. The highest BCUT2D eigenvalue weighted by Gasteiger charge is 2.20. The van der Waals surface area contributed by atoms with Crippen molar-refractivity contribution < 1.29 is 13.9 Å². The third kappa shape index (κ3) is 5.84. The second kappa shape index (κ2) is 9.95. The number of thioether (sulfide) groups is 1. The van der Waals surface area contributed by atoms with E-state index >= 15 is 0 Å². The molecule has 1 N–H and O–H groups in total. The summed E-state index contributed by atoms with van der Waals surface area (Å²) >= 11 is 8.40. The van der Waals surface area contributed by atoms with Crippen molar-refractivity contribution in [3.63, 3.8) is 0 Å². The third-order valence-electron chi connectivity index (χ3n) is 4.07. The first kappa shape index (κ1) is 21.4. The minimum absolute atomic E-state index is 0.122. The summed E-state index contributed by atoms with van der Waals surface area (Å²) in [4.78, 5) is 17.0. The van der Waals surface area contributed by atoms with Gasteiger partial charge in [-0.15, -0.1) is 21.5 Å². The fourth-order valence-electron chi connectivity index (χ4n) is 2.50. The van der Waals surface area contributed by atoms with Crippen LogP contribution in [-0.4, -0.2) is 26.3 Å². The van der Waals surface area contributed by atoms with Crippen molar-refractivity contribution in [2.24, 2.45) is 0 Å². The molecule has 2 heterocycles. The van der Waals surface area contributed by atoms with E-state index in [1.807, 2.05) is 35.7 Å². The highest BCUT2D eigenvalue weighted by atomic mass is 35.5. The molecule has 4 aromatic rings. The number of thiazole rings is 1. The van der Waals surface area contributed by atoms with Crippen LogP contribution in [0.1, 0.15) is 12.8 Å². The van der Waals surface area contributed by atoms with Crippen molar-refractivity contribution in [2.45, 2.75) is 24.0 Å². The molecule has 0 bridgehead atoms. The maximum absolute atomic E-state index is 12.5. The molecule has 0 aliphatic carbocycles. The molecule has 1 atom stereocenters. The fourth-order valence-corrected chi connectivity index (χ4v) is 4.05. The smallest absolute Gasteiger partial charge is 0.277 e. The minimum Gasteiger partial charge on any atom is -0.484 e. The van der Waals surface area contributed by atoms with Gasteiger partial charge in [0.05, 0.1) is 10.9 Å². The highest BCUT2D eigenvalue weighted by Crippen LogP contribution is 2.27. The fraction of sp³-hybridized carbons (Fsp3) is 0.143. The quantitative estimate of drug-likeness (QED) is 0.336. The Labute approximate surface area is 191 Å². The number of hydrogen-bond acceptors (Lipinski definition) is 8. The number of hydrogen-bond donors (Lipinski definition) is 1. The number of anilines is 1. The van der Waals surface area contributed by atoms with Crippen molar-refractivity contribution in [1.29, 1.82) is 0 Å². The van der Waals surface area contributed by atoms with Crippen LogP contribution < -0.4 is 10.1 Å². The number of aromatic nitrogens is 3.